The highest BCUT2D eigenvalue weighted by atomic mass is 35.5. The van der Waals surface area contributed by atoms with Crippen LogP contribution >= 0.6 is 11.6 Å². The van der Waals surface area contributed by atoms with Crippen LogP contribution in [0.1, 0.15) is 18.9 Å². The number of hydrogen-bond donors (Lipinski definition) is 2. The summed E-state index contributed by atoms with van der Waals surface area (Å²) in [5.74, 6) is -0.407. The van der Waals surface area contributed by atoms with Crippen molar-refractivity contribution >= 4 is 27.5 Å². The van der Waals surface area contributed by atoms with Crippen LogP contribution in [0.15, 0.2) is 23.1 Å². The van der Waals surface area contributed by atoms with Gasteiger partial charge in [-0.3, -0.25) is 4.79 Å². The number of sulfonamides is 1. The van der Waals surface area contributed by atoms with Gasteiger partial charge in [0.15, 0.2) is 0 Å². The zero-order valence-electron chi connectivity index (χ0n) is 10.8. The third kappa shape index (κ3) is 4.49. The molecule has 0 aliphatic heterocycles. The number of hydrogen-bond acceptors (Lipinski definition) is 4. The molecular weight excluding hydrogens is 302 g/mol. The quantitative estimate of drug-likeness (QED) is 0.818. The number of nitrogens with one attached hydrogen (secondary N) is 2. The van der Waals surface area contributed by atoms with Crippen molar-refractivity contribution in [1.29, 1.82) is 5.26 Å². The zero-order chi connectivity index (χ0) is 15.2. The number of nitriles is 1. The van der Waals surface area contributed by atoms with Crippen molar-refractivity contribution in [3.63, 3.8) is 0 Å². The Labute approximate surface area is 122 Å². The number of halogens is 1. The second-order valence-electron chi connectivity index (χ2n) is 3.93. The van der Waals surface area contributed by atoms with Gasteiger partial charge in [0, 0.05) is 6.54 Å². The lowest BCUT2D eigenvalue weighted by Gasteiger charge is -2.08. The zero-order valence-corrected chi connectivity index (χ0v) is 12.4. The molecule has 8 heteroatoms. The predicted molar refractivity (Wildman–Crippen MR) is 74.7 cm³/mol. The molecule has 1 aromatic rings. The molecule has 20 heavy (non-hydrogen) atoms. The fraction of sp³-hybridized carbons (Fsp3) is 0.333. The Hall–Kier alpha value is -1.62. The van der Waals surface area contributed by atoms with Gasteiger partial charge in [0.25, 0.3) is 0 Å². The van der Waals surface area contributed by atoms with Gasteiger partial charge in [-0.25, -0.2) is 13.1 Å². The van der Waals surface area contributed by atoms with Crippen LogP contribution < -0.4 is 10.0 Å². The van der Waals surface area contributed by atoms with E-state index >= 15 is 0 Å². The Bertz CT molecular complexity index is 638. The first kappa shape index (κ1) is 16.4. The van der Waals surface area contributed by atoms with Gasteiger partial charge in [-0.15, -0.1) is 0 Å². The lowest BCUT2D eigenvalue weighted by Crippen LogP contribution is -2.37. The molecule has 2 N–H and O–H groups in total. The third-order valence-corrected chi connectivity index (χ3v) is 4.08. The molecule has 0 fully saturated rings. The Morgan fingerprint density at radius 3 is 2.70 bits per heavy atom. The molecule has 0 saturated heterocycles. The first-order valence-electron chi connectivity index (χ1n) is 5.86. The molecule has 0 radical (unpaired) electrons. The summed E-state index contributed by atoms with van der Waals surface area (Å²) in [5, 5.41) is 11.3. The fourth-order valence-electron chi connectivity index (χ4n) is 1.32. The Morgan fingerprint density at radius 1 is 1.45 bits per heavy atom. The average Bonchev–Trinajstić information content (AvgIpc) is 2.42. The fourth-order valence-corrected chi connectivity index (χ4v) is 2.62. The van der Waals surface area contributed by atoms with Crippen molar-refractivity contribution in [2.24, 2.45) is 0 Å². The minimum absolute atomic E-state index is 0.0470. The summed E-state index contributed by atoms with van der Waals surface area (Å²) in [7, 11) is -3.83. The van der Waals surface area contributed by atoms with E-state index in [9.17, 15) is 13.2 Å². The van der Waals surface area contributed by atoms with E-state index in [-0.39, 0.29) is 22.0 Å². The highest BCUT2D eigenvalue weighted by Crippen LogP contribution is 2.19. The molecule has 0 saturated carbocycles. The molecule has 6 nitrogen and oxygen atoms in total. The van der Waals surface area contributed by atoms with E-state index in [1.165, 1.54) is 18.2 Å². The first-order valence-corrected chi connectivity index (χ1v) is 7.73. The lowest BCUT2D eigenvalue weighted by atomic mass is 10.2. The normalized spacial score (nSPS) is 10.8. The van der Waals surface area contributed by atoms with E-state index < -0.39 is 15.9 Å². The predicted octanol–water partition coefficient (Wildman–Crippen LogP) is 1.02. The third-order valence-electron chi connectivity index (χ3n) is 2.37. The van der Waals surface area contributed by atoms with Crippen molar-refractivity contribution in [2.45, 2.75) is 18.2 Å². The Morgan fingerprint density at radius 2 is 2.15 bits per heavy atom. The average molecular weight is 316 g/mol. The largest absolute Gasteiger partial charge is 0.355 e. The smallest absolute Gasteiger partial charge is 0.241 e. The molecule has 108 valence electrons. The summed E-state index contributed by atoms with van der Waals surface area (Å²) in [6.45, 7) is 2.03. The summed E-state index contributed by atoms with van der Waals surface area (Å²) in [5.41, 5.74) is 0.186. The van der Waals surface area contributed by atoms with E-state index in [0.29, 0.717) is 6.54 Å². The van der Waals surface area contributed by atoms with E-state index in [4.69, 9.17) is 16.9 Å². The molecule has 0 aromatic heterocycles. The number of carbonyl (C=O) groups is 1. The van der Waals surface area contributed by atoms with Gasteiger partial charge in [-0.1, -0.05) is 18.5 Å². The molecule has 1 aromatic carbocycles. The topological polar surface area (TPSA) is 99.1 Å². The maximum Gasteiger partial charge on any atom is 0.241 e. The van der Waals surface area contributed by atoms with Crippen LogP contribution in [0.3, 0.4) is 0 Å². The van der Waals surface area contributed by atoms with Gasteiger partial charge in [-0.05, 0) is 24.6 Å². The van der Waals surface area contributed by atoms with Crippen molar-refractivity contribution in [1.82, 2.24) is 10.0 Å². The van der Waals surface area contributed by atoms with E-state index in [0.717, 1.165) is 6.42 Å². The SMILES string of the molecule is CCCNC(=O)CNS(=O)(=O)c1ccc(C#N)c(Cl)c1. The van der Waals surface area contributed by atoms with E-state index in [2.05, 4.69) is 10.0 Å². The standard InChI is InChI=1S/C12H14ClN3O3S/c1-2-5-15-12(17)8-16-20(18,19)10-4-3-9(7-14)11(13)6-10/h3-4,6,16H,2,5,8H2,1H3,(H,15,17). The Balaban J connectivity index is 2.77. The van der Waals surface area contributed by atoms with E-state index in [1.54, 1.807) is 0 Å². The van der Waals surface area contributed by atoms with E-state index in [1.807, 2.05) is 13.0 Å². The number of nitrogens with zero attached hydrogens (tertiary/aromatic N) is 1. The summed E-state index contributed by atoms with van der Waals surface area (Å²) in [6.07, 6.45) is 0.768. The summed E-state index contributed by atoms with van der Waals surface area (Å²) in [4.78, 5) is 11.2. The van der Waals surface area contributed by atoms with Crippen molar-refractivity contribution < 1.29 is 13.2 Å². The van der Waals surface area contributed by atoms with Gasteiger partial charge in [0.1, 0.15) is 6.07 Å². The number of benzene rings is 1. The summed E-state index contributed by atoms with van der Waals surface area (Å²) in [6, 6.07) is 5.58. The molecule has 0 heterocycles. The molecule has 0 unspecified atom stereocenters. The molecule has 1 amide bonds. The molecular formula is C12H14ClN3O3S. The van der Waals surface area contributed by atoms with Crippen LogP contribution in [0.2, 0.25) is 5.02 Å². The van der Waals surface area contributed by atoms with Crippen LogP contribution in [0.4, 0.5) is 0 Å². The van der Waals surface area contributed by atoms with Crippen LogP contribution in [0.25, 0.3) is 0 Å². The van der Waals surface area contributed by atoms with Crippen LogP contribution in [0, 0.1) is 11.3 Å². The summed E-state index contributed by atoms with van der Waals surface area (Å²) < 4.78 is 26.0. The maximum atomic E-state index is 11.9. The molecule has 0 aliphatic carbocycles. The van der Waals surface area contributed by atoms with Crippen molar-refractivity contribution in [3.05, 3.63) is 28.8 Å². The minimum Gasteiger partial charge on any atom is -0.355 e. The molecule has 1 rings (SSSR count). The van der Waals surface area contributed by atoms with Crippen LogP contribution in [0.5, 0.6) is 0 Å². The monoisotopic (exact) mass is 315 g/mol. The number of rotatable bonds is 6. The first-order chi connectivity index (χ1) is 9.40. The molecule has 0 atom stereocenters. The highest BCUT2D eigenvalue weighted by Gasteiger charge is 2.16. The van der Waals surface area contributed by atoms with Gasteiger partial charge >= 0.3 is 0 Å². The number of carbonyl (C=O) groups excluding carboxylic acids is 1. The van der Waals surface area contributed by atoms with Gasteiger partial charge in [0.05, 0.1) is 22.0 Å². The molecule has 0 aliphatic rings. The lowest BCUT2D eigenvalue weighted by molar-refractivity contribution is -0.119. The van der Waals surface area contributed by atoms with Crippen molar-refractivity contribution in [2.75, 3.05) is 13.1 Å². The Kier molecular flexibility index (Phi) is 5.95. The molecule has 0 spiro atoms. The van der Waals surface area contributed by atoms with Crippen LogP contribution in [-0.2, 0) is 14.8 Å². The van der Waals surface area contributed by atoms with Crippen LogP contribution in [-0.4, -0.2) is 27.4 Å². The highest BCUT2D eigenvalue weighted by molar-refractivity contribution is 7.89. The maximum absolute atomic E-state index is 11.9. The van der Waals surface area contributed by atoms with Gasteiger partial charge in [0.2, 0.25) is 15.9 Å². The second-order valence-corrected chi connectivity index (χ2v) is 6.10. The number of amides is 1. The van der Waals surface area contributed by atoms with Crippen molar-refractivity contribution in [3.8, 4) is 6.07 Å². The minimum atomic E-state index is -3.83. The summed E-state index contributed by atoms with van der Waals surface area (Å²) >= 11 is 5.77. The van der Waals surface area contributed by atoms with Gasteiger partial charge < -0.3 is 5.32 Å². The molecule has 0 bridgehead atoms. The second kappa shape index (κ2) is 7.24. The van der Waals surface area contributed by atoms with Gasteiger partial charge in [-0.2, -0.15) is 5.26 Å².